The van der Waals surface area contributed by atoms with Crippen molar-refractivity contribution in [2.24, 2.45) is 0 Å². The van der Waals surface area contributed by atoms with Crippen LogP contribution in [0.4, 0.5) is 10.5 Å². The SMILES string of the molecule is CCOc1ccc(NC(=O)C2(NC(=O)OC(C)(C)C)CC2)c2ccccc12. The molecule has 1 aliphatic carbocycles. The van der Waals surface area contributed by atoms with Crippen LogP contribution in [-0.4, -0.2) is 29.7 Å². The summed E-state index contributed by atoms with van der Waals surface area (Å²) in [5.74, 6) is 0.543. The summed E-state index contributed by atoms with van der Waals surface area (Å²) in [4.78, 5) is 24.9. The highest BCUT2D eigenvalue weighted by Crippen LogP contribution is 2.38. The van der Waals surface area contributed by atoms with Gasteiger partial charge in [-0.2, -0.15) is 0 Å². The van der Waals surface area contributed by atoms with Gasteiger partial charge in [-0.1, -0.05) is 24.3 Å². The van der Waals surface area contributed by atoms with Crippen molar-refractivity contribution >= 4 is 28.5 Å². The summed E-state index contributed by atoms with van der Waals surface area (Å²) in [5.41, 5.74) is -0.819. The van der Waals surface area contributed by atoms with E-state index in [9.17, 15) is 9.59 Å². The van der Waals surface area contributed by atoms with Crippen molar-refractivity contribution in [1.29, 1.82) is 0 Å². The molecule has 1 fully saturated rings. The van der Waals surface area contributed by atoms with Crippen LogP contribution < -0.4 is 15.4 Å². The summed E-state index contributed by atoms with van der Waals surface area (Å²) >= 11 is 0. The largest absolute Gasteiger partial charge is 0.493 e. The highest BCUT2D eigenvalue weighted by atomic mass is 16.6. The van der Waals surface area contributed by atoms with Crippen LogP contribution >= 0.6 is 0 Å². The van der Waals surface area contributed by atoms with Crippen LogP contribution in [-0.2, 0) is 9.53 Å². The minimum Gasteiger partial charge on any atom is -0.493 e. The van der Waals surface area contributed by atoms with Crippen molar-refractivity contribution < 1.29 is 19.1 Å². The van der Waals surface area contributed by atoms with Gasteiger partial charge in [0.05, 0.1) is 6.61 Å². The van der Waals surface area contributed by atoms with E-state index in [0.29, 0.717) is 25.1 Å². The van der Waals surface area contributed by atoms with Gasteiger partial charge >= 0.3 is 6.09 Å². The van der Waals surface area contributed by atoms with Crippen molar-refractivity contribution in [3.63, 3.8) is 0 Å². The fraction of sp³-hybridized carbons (Fsp3) is 0.429. The molecule has 0 radical (unpaired) electrons. The number of ether oxygens (including phenoxy) is 2. The number of carbonyl (C=O) groups excluding carboxylic acids is 2. The van der Waals surface area contributed by atoms with E-state index in [1.54, 1.807) is 20.8 Å². The molecule has 2 N–H and O–H groups in total. The lowest BCUT2D eigenvalue weighted by atomic mass is 10.1. The zero-order chi connectivity index (χ0) is 19.7. The molecule has 1 saturated carbocycles. The Hall–Kier alpha value is -2.76. The third kappa shape index (κ3) is 4.32. The smallest absolute Gasteiger partial charge is 0.408 e. The maximum Gasteiger partial charge on any atom is 0.408 e. The van der Waals surface area contributed by atoms with Crippen LogP contribution in [0.1, 0.15) is 40.5 Å². The number of anilines is 1. The maximum atomic E-state index is 12.8. The van der Waals surface area contributed by atoms with Gasteiger partial charge in [-0.3, -0.25) is 4.79 Å². The molecule has 2 aromatic carbocycles. The molecule has 0 aromatic heterocycles. The van der Waals surface area contributed by atoms with Gasteiger partial charge < -0.3 is 20.1 Å². The van der Waals surface area contributed by atoms with Crippen molar-refractivity contribution in [1.82, 2.24) is 5.32 Å². The predicted molar refractivity (Wildman–Crippen MR) is 105 cm³/mol. The molecule has 0 spiro atoms. The minimum atomic E-state index is -0.901. The van der Waals surface area contributed by atoms with Crippen LogP contribution in [0.2, 0.25) is 0 Å². The van der Waals surface area contributed by atoms with Crippen LogP contribution in [0.5, 0.6) is 5.75 Å². The number of amides is 2. The molecule has 2 aromatic rings. The number of nitrogens with one attached hydrogen (secondary N) is 2. The molecule has 2 amide bonds. The molecule has 0 bridgehead atoms. The lowest BCUT2D eigenvalue weighted by Crippen LogP contribution is -2.47. The van der Waals surface area contributed by atoms with Crippen molar-refractivity contribution in [2.75, 3.05) is 11.9 Å². The third-order valence-electron chi connectivity index (χ3n) is 4.36. The number of alkyl carbamates (subject to hydrolysis) is 1. The van der Waals surface area contributed by atoms with E-state index in [1.165, 1.54) is 0 Å². The monoisotopic (exact) mass is 370 g/mol. The summed E-state index contributed by atoms with van der Waals surface area (Å²) in [6, 6.07) is 11.4. The molecule has 27 heavy (non-hydrogen) atoms. The second-order valence-electron chi connectivity index (χ2n) is 7.75. The molecule has 0 unspecified atom stereocenters. The summed E-state index contributed by atoms with van der Waals surface area (Å²) < 4.78 is 11.0. The molecule has 3 rings (SSSR count). The fourth-order valence-corrected chi connectivity index (χ4v) is 2.94. The van der Waals surface area contributed by atoms with Crippen molar-refractivity contribution in [3.05, 3.63) is 36.4 Å². The first-order valence-electron chi connectivity index (χ1n) is 9.21. The van der Waals surface area contributed by atoms with E-state index in [2.05, 4.69) is 10.6 Å². The van der Waals surface area contributed by atoms with Gasteiger partial charge in [-0.05, 0) is 52.7 Å². The van der Waals surface area contributed by atoms with Crippen LogP contribution in [0.3, 0.4) is 0 Å². The Labute approximate surface area is 159 Å². The molecule has 6 nitrogen and oxygen atoms in total. The van der Waals surface area contributed by atoms with E-state index in [0.717, 1.165) is 16.5 Å². The van der Waals surface area contributed by atoms with Gasteiger partial charge in [0.2, 0.25) is 5.91 Å². The Bertz CT molecular complexity index is 866. The van der Waals surface area contributed by atoms with Gasteiger partial charge in [-0.25, -0.2) is 4.79 Å². The van der Waals surface area contributed by atoms with Gasteiger partial charge in [0.15, 0.2) is 0 Å². The number of carbonyl (C=O) groups is 2. The third-order valence-corrected chi connectivity index (χ3v) is 4.36. The molecule has 6 heteroatoms. The quantitative estimate of drug-likeness (QED) is 0.825. The van der Waals surface area contributed by atoms with Gasteiger partial charge in [0.25, 0.3) is 0 Å². The molecule has 144 valence electrons. The molecule has 0 atom stereocenters. The molecule has 0 heterocycles. The Balaban J connectivity index is 1.78. The van der Waals surface area contributed by atoms with E-state index >= 15 is 0 Å². The number of hydrogen-bond acceptors (Lipinski definition) is 4. The second kappa shape index (κ2) is 7.10. The average Bonchev–Trinajstić information content (AvgIpc) is 3.36. The Morgan fingerprint density at radius 1 is 1.07 bits per heavy atom. The summed E-state index contributed by atoms with van der Waals surface area (Å²) in [7, 11) is 0. The standard InChI is InChI=1S/C21H26N2O4/c1-5-26-17-11-10-16(14-8-6-7-9-15(14)17)22-18(24)21(12-13-21)23-19(25)27-20(2,3)4/h6-11H,5,12-13H2,1-4H3,(H,22,24)(H,23,25). The zero-order valence-corrected chi connectivity index (χ0v) is 16.2. The first kappa shape index (κ1) is 19.0. The highest BCUT2D eigenvalue weighted by Gasteiger charge is 2.52. The molecular weight excluding hydrogens is 344 g/mol. The van der Waals surface area contributed by atoms with E-state index in [1.807, 2.05) is 43.3 Å². The van der Waals surface area contributed by atoms with Crippen LogP contribution in [0, 0.1) is 0 Å². The Morgan fingerprint density at radius 2 is 1.74 bits per heavy atom. The first-order chi connectivity index (χ1) is 12.7. The topological polar surface area (TPSA) is 76.7 Å². The summed E-state index contributed by atoms with van der Waals surface area (Å²) in [5, 5.41) is 7.51. The summed E-state index contributed by atoms with van der Waals surface area (Å²) in [6.45, 7) is 7.87. The Morgan fingerprint density at radius 3 is 2.33 bits per heavy atom. The number of benzene rings is 2. The highest BCUT2D eigenvalue weighted by molar-refractivity contribution is 6.08. The minimum absolute atomic E-state index is 0.234. The first-order valence-corrected chi connectivity index (χ1v) is 9.21. The van der Waals surface area contributed by atoms with Crippen molar-refractivity contribution in [2.45, 2.75) is 51.7 Å². The lowest BCUT2D eigenvalue weighted by molar-refractivity contribution is -0.119. The summed E-state index contributed by atoms with van der Waals surface area (Å²) in [6.07, 6.45) is 0.604. The molecular formula is C21H26N2O4. The normalized spacial score (nSPS) is 15.1. The number of rotatable bonds is 5. The average molecular weight is 370 g/mol. The second-order valence-corrected chi connectivity index (χ2v) is 7.75. The molecule has 1 aliphatic rings. The number of hydrogen-bond donors (Lipinski definition) is 2. The van der Waals surface area contributed by atoms with Crippen molar-refractivity contribution in [3.8, 4) is 5.75 Å². The van der Waals surface area contributed by atoms with Crippen LogP contribution in [0.25, 0.3) is 10.8 Å². The lowest BCUT2D eigenvalue weighted by Gasteiger charge is -2.23. The predicted octanol–water partition coefficient (Wildman–Crippen LogP) is 4.23. The van der Waals surface area contributed by atoms with E-state index in [4.69, 9.17) is 9.47 Å². The fourth-order valence-electron chi connectivity index (χ4n) is 2.94. The van der Waals surface area contributed by atoms with Gasteiger partial charge in [-0.15, -0.1) is 0 Å². The van der Waals surface area contributed by atoms with Crippen LogP contribution in [0.15, 0.2) is 36.4 Å². The Kier molecular flexibility index (Phi) is 5.00. The molecule has 0 saturated heterocycles. The van der Waals surface area contributed by atoms with E-state index < -0.39 is 17.2 Å². The molecule has 0 aliphatic heterocycles. The maximum absolute atomic E-state index is 12.8. The number of fused-ring (bicyclic) bond motifs is 1. The van der Waals surface area contributed by atoms with Gasteiger partial charge in [0, 0.05) is 16.5 Å². The van der Waals surface area contributed by atoms with Gasteiger partial charge in [0.1, 0.15) is 16.9 Å². The zero-order valence-electron chi connectivity index (χ0n) is 16.2. The van der Waals surface area contributed by atoms with E-state index in [-0.39, 0.29) is 5.91 Å².